The summed E-state index contributed by atoms with van der Waals surface area (Å²) >= 11 is 0. The summed E-state index contributed by atoms with van der Waals surface area (Å²) in [4.78, 5) is 35.6. The minimum Gasteiger partial charge on any atom is -0.382 e. The first-order valence-corrected chi connectivity index (χ1v) is 15.5. The number of amides is 2. The van der Waals surface area contributed by atoms with Crippen LogP contribution in [0.2, 0.25) is 0 Å². The van der Waals surface area contributed by atoms with Gasteiger partial charge in [-0.1, -0.05) is 36.4 Å². The highest BCUT2D eigenvalue weighted by Gasteiger charge is 2.45. The summed E-state index contributed by atoms with van der Waals surface area (Å²) in [6.45, 7) is 1.33. The largest absolute Gasteiger partial charge is 0.382 e. The standard InChI is InChI=1S/C29H31N7O4S/c1-17(37)31-16-25(38)35-21-9-10-22(35)13-20(12-21)26-27(41(2,39)40)28(30)36-29(34-26)23(15-33-36)19-8-11-24(32-14-19)18-6-4-3-5-7-18/h3-8,11,14-15,20-22H,9-10,12-13,16,30H2,1-2H3,(H,31,37)/t20?,21-,22+. The van der Waals surface area contributed by atoms with Gasteiger partial charge in [-0.2, -0.15) is 9.61 Å². The molecule has 2 saturated heterocycles. The van der Waals surface area contributed by atoms with Crippen molar-refractivity contribution in [3.05, 3.63) is 60.6 Å². The van der Waals surface area contributed by atoms with Gasteiger partial charge in [-0.15, -0.1) is 0 Å². The topological polar surface area (TPSA) is 153 Å². The molecule has 1 unspecified atom stereocenters. The van der Waals surface area contributed by atoms with Crippen LogP contribution in [0, 0.1) is 0 Å². The average Bonchev–Trinajstić information content (AvgIpc) is 3.49. The van der Waals surface area contributed by atoms with E-state index < -0.39 is 9.84 Å². The zero-order valence-electron chi connectivity index (χ0n) is 22.8. The van der Waals surface area contributed by atoms with Crippen LogP contribution >= 0.6 is 0 Å². The molecule has 6 rings (SSSR count). The Labute approximate surface area is 237 Å². The average molecular weight is 574 g/mol. The van der Waals surface area contributed by atoms with Crippen molar-refractivity contribution in [1.29, 1.82) is 0 Å². The van der Waals surface area contributed by atoms with Gasteiger partial charge in [0.1, 0.15) is 10.7 Å². The fourth-order valence-corrected chi connectivity index (χ4v) is 7.37. The lowest BCUT2D eigenvalue weighted by molar-refractivity contribution is -0.136. The molecule has 5 heterocycles. The lowest BCUT2D eigenvalue weighted by atomic mass is 9.87. The Balaban J connectivity index is 1.38. The van der Waals surface area contributed by atoms with Gasteiger partial charge in [0.25, 0.3) is 0 Å². The summed E-state index contributed by atoms with van der Waals surface area (Å²) in [6.07, 6.45) is 7.26. The maximum Gasteiger partial charge on any atom is 0.242 e. The van der Waals surface area contributed by atoms with Crippen LogP contribution in [0.5, 0.6) is 0 Å². The predicted octanol–water partition coefficient (Wildman–Crippen LogP) is 2.82. The second-order valence-electron chi connectivity index (χ2n) is 10.8. The fraction of sp³-hybridized carbons (Fsp3) is 0.345. The quantitative estimate of drug-likeness (QED) is 0.357. The van der Waals surface area contributed by atoms with Crippen molar-refractivity contribution < 1.29 is 18.0 Å². The molecule has 0 radical (unpaired) electrons. The molecule has 11 nitrogen and oxygen atoms in total. The number of hydrogen-bond acceptors (Lipinski definition) is 8. The van der Waals surface area contributed by atoms with Crippen molar-refractivity contribution >= 4 is 33.1 Å². The van der Waals surface area contributed by atoms with Gasteiger partial charge in [0.15, 0.2) is 15.5 Å². The Morgan fingerprint density at radius 1 is 1.02 bits per heavy atom. The van der Waals surface area contributed by atoms with E-state index in [0.717, 1.165) is 35.9 Å². The zero-order valence-corrected chi connectivity index (χ0v) is 23.6. The summed E-state index contributed by atoms with van der Waals surface area (Å²) in [5, 5.41) is 6.99. The number of anilines is 1. The van der Waals surface area contributed by atoms with Gasteiger partial charge in [-0.05, 0) is 31.7 Å². The minimum atomic E-state index is -3.75. The molecule has 2 bridgehead atoms. The predicted molar refractivity (Wildman–Crippen MR) is 153 cm³/mol. The number of nitrogens with zero attached hydrogens (tertiary/aromatic N) is 5. The molecule has 4 aromatic rings. The monoisotopic (exact) mass is 573 g/mol. The van der Waals surface area contributed by atoms with Crippen molar-refractivity contribution in [3.8, 4) is 22.4 Å². The molecule has 212 valence electrons. The lowest BCUT2D eigenvalue weighted by Gasteiger charge is -2.39. The molecule has 0 aliphatic carbocycles. The van der Waals surface area contributed by atoms with Crippen LogP contribution < -0.4 is 11.1 Å². The smallest absolute Gasteiger partial charge is 0.242 e. The number of rotatable bonds is 6. The Bertz CT molecular complexity index is 1740. The number of piperidine rings is 1. The normalized spacial score (nSPS) is 20.3. The Hall–Kier alpha value is -4.32. The van der Waals surface area contributed by atoms with Crippen LogP contribution in [0.25, 0.3) is 28.0 Å². The summed E-state index contributed by atoms with van der Waals surface area (Å²) in [5.41, 5.74) is 10.7. The van der Waals surface area contributed by atoms with Crippen molar-refractivity contribution in [3.63, 3.8) is 0 Å². The van der Waals surface area contributed by atoms with Crippen LogP contribution in [-0.4, -0.2) is 69.6 Å². The van der Waals surface area contributed by atoms with Gasteiger partial charge in [0.05, 0.1) is 24.1 Å². The SMILES string of the molecule is CC(=O)NCC(=O)N1[C@@H]2CC[C@H]1CC(c1nc3c(-c4ccc(-c5ccccc5)nc4)cnn3c(N)c1S(C)(=O)=O)C2. The molecule has 1 aromatic carbocycles. The lowest BCUT2D eigenvalue weighted by Crippen LogP contribution is -2.49. The highest BCUT2D eigenvalue weighted by Crippen LogP contribution is 2.45. The fourth-order valence-electron chi connectivity index (χ4n) is 6.31. The number of sulfone groups is 1. The van der Waals surface area contributed by atoms with E-state index in [1.54, 1.807) is 12.4 Å². The van der Waals surface area contributed by atoms with Gasteiger partial charge in [-0.3, -0.25) is 14.6 Å². The van der Waals surface area contributed by atoms with E-state index in [4.69, 9.17) is 10.7 Å². The van der Waals surface area contributed by atoms with Crippen molar-refractivity contribution in [2.45, 2.75) is 55.5 Å². The molecule has 2 aliphatic heterocycles. The number of nitrogens with two attached hydrogens (primary N) is 1. The van der Waals surface area contributed by atoms with E-state index in [2.05, 4.69) is 15.4 Å². The van der Waals surface area contributed by atoms with Gasteiger partial charge in [0, 0.05) is 54.1 Å². The number of carbonyl (C=O) groups is 2. The second kappa shape index (κ2) is 10.3. The second-order valence-corrected chi connectivity index (χ2v) is 12.8. The molecule has 3 atom stereocenters. The molecule has 0 spiro atoms. The first-order valence-electron chi connectivity index (χ1n) is 13.6. The van der Waals surface area contributed by atoms with E-state index >= 15 is 0 Å². The van der Waals surface area contributed by atoms with Crippen molar-refractivity contribution in [2.75, 3.05) is 18.5 Å². The van der Waals surface area contributed by atoms with E-state index in [1.807, 2.05) is 47.4 Å². The molecule has 0 saturated carbocycles. The van der Waals surface area contributed by atoms with Gasteiger partial charge in [0.2, 0.25) is 11.8 Å². The zero-order chi connectivity index (χ0) is 28.9. The Kier molecular flexibility index (Phi) is 6.72. The molecule has 2 aliphatic rings. The van der Waals surface area contributed by atoms with Crippen molar-refractivity contribution in [1.82, 2.24) is 29.8 Å². The molecule has 3 N–H and O–H groups in total. The Morgan fingerprint density at radius 3 is 2.34 bits per heavy atom. The van der Waals surface area contributed by atoms with Crippen LogP contribution in [0.3, 0.4) is 0 Å². The summed E-state index contributed by atoms with van der Waals surface area (Å²) < 4.78 is 27.4. The highest BCUT2D eigenvalue weighted by atomic mass is 32.2. The number of pyridine rings is 1. The molecular weight excluding hydrogens is 542 g/mol. The van der Waals surface area contributed by atoms with Crippen LogP contribution in [0.15, 0.2) is 59.8 Å². The Morgan fingerprint density at radius 2 is 1.73 bits per heavy atom. The number of nitrogens with one attached hydrogen (secondary N) is 1. The number of hydrogen-bond donors (Lipinski definition) is 2. The number of nitrogen functional groups attached to an aromatic ring is 1. The summed E-state index contributed by atoms with van der Waals surface area (Å²) in [6, 6.07) is 13.6. The maximum absolute atomic E-state index is 13.0. The van der Waals surface area contributed by atoms with E-state index in [-0.39, 0.29) is 47.1 Å². The summed E-state index contributed by atoms with van der Waals surface area (Å²) in [5.74, 6) is -0.574. The molecule has 2 amide bonds. The number of benzene rings is 1. The van der Waals surface area contributed by atoms with E-state index in [0.29, 0.717) is 29.7 Å². The highest BCUT2D eigenvalue weighted by molar-refractivity contribution is 7.91. The maximum atomic E-state index is 13.0. The molecule has 41 heavy (non-hydrogen) atoms. The van der Waals surface area contributed by atoms with Crippen LogP contribution in [0.4, 0.5) is 5.82 Å². The van der Waals surface area contributed by atoms with Crippen LogP contribution in [0.1, 0.15) is 44.2 Å². The molecule has 2 fully saturated rings. The van der Waals surface area contributed by atoms with E-state index in [9.17, 15) is 18.0 Å². The van der Waals surface area contributed by atoms with Crippen LogP contribution in [-0.2, 0) is 19.4 Å². The van der Waals surface area contributed by atoms with Gasteiger partial charge < -0.3 is 16.0 Å². The third kappa shape index (κ3) is 4.92. The number of fused-ring (bicyclic) bond motifs is 3. The number of carbonyl (C=O) groups excluding carboxylic acids is 2. The van der Waals surface area contributed by atoms with E-state index in [1.165, 1.54) is 11.4 Å². The third-order valence-electron chi connectivity index (χ3n) is 8.07. The number of aromatic nitrogens is 4. The third-order valence-corrected chi connectivity index (χ3v) is 9.23. The first-order chi connectivity index (χ1) is 19.6. The van der Waals surface area contributed by atoms with Gasteiger partial charge in [-0.25, -0.2) is 13.4 Å². The summed E-state index contributed by atoms with van der Waals surface area (Å²) in [7, 11) is -3.75. The molecular formula is C29H31N7O4S. The molecule has 12 heteroatoms. The first kappa shape index (κ1) is 26.9. The molecule has 3 aromatic heterocycles. The minimum absolute atomic E-state index is 0.0142. The van der Waals surface area contributed by atoms with Gasteiger partial charge >= 0.3 is 0 Å². The van der Waals surface area contributed by atoms with Crippen molar-refractivity contribution in [2.24, 2.45) is 0 Å².